The lowest BCUT2D eigenvalue weighted by atomic mass is 10.1. The predicted molar refractivity (Wildman–Crippen MR) is 107 cm³/mol. The first-order valence-electron chi connectivity index (χ1n) is 10.8. The third-order valence-electron chi connectivity index (χ3n) is 5.23. The summed E-state index contributed by atoms with van der Waals surface area (Å²) in [5.41, 5.74) is -3.95. The Morgan fingerprint density at radius 2 is 1.30 bits per heavy atom. The van der Waals surface area contributed by atoms with E-state index in [9.17, 15) is 22.9 Å². The topological polar surface area (TPSA) is 125 Å². The smallest absolute Gasteiger partial charge is 0.431 e. The molecule has 0 radical (unpaired) electrons. The normalized spacial score (nSPS) is 19.5. The molecule has 0 aromatic rings. The molecule has 11 nitrogen and oxygen atoms in total. The molecule has 0 aliphatic carbocycles. The van der Waals surface area contributed by atoms with E-state index in [-0.39, 0.29) is 6.42 Å². The van der Waals surface area contributed by atoms with Crippen molar-refractivity contribution in [3.63, 3.8) is 0 Å². The Balaban J connectivity index is 1.86. The summed E-state index contributed by atoms with van der Waals surface area (Å²) in [5, 5.41) is 0. The Bertz CT molecular complexity index is 624. The fourth-order valence-electron chi connectivity index (χ4n) is 2.94. The predicted octanol–water partition coefficient (Wildman–Crippen LogP) is 4.43. The highest BCUT2D eigenvalue weighted by Gasteiger charge is 2.57. The van der Waals surface area contributed by atoms with Crippen LogP contribution in [0.15, 0.2) is 0 Å². The van der Waals surface area contributed by atoms with Crippen molar-refractivity contribution in [1.82, 2.24) is 0 Å². The van der Waals surface area contributed by atoms with Crippen LogP contribution in [0.2, 0.25) is 0 Å². The van der Waals surface area contributed by atoms with Crippen LogP contribution >= 0.6 is 7.60 Å². The zero-order valence-electron chi connectivity index (χ0n) is 18.7. The molecule has 0 N–H and O–H groups in total. The highest BCUT2D eigenvalue weighted by atomic mass is 31.2. The Hall–Kier alpha value is -1.53. The Morgan fingerprint density at radius 3 is 1.67 bits per heavy atom. The van der Waals surface area contributed by atoms with E-state index in [1.165, 1.54) is 6.92 Å². The molecule has 0 bridgehead atoms. The summed E-state index contributed by atoms with van der Waals surface area (Å²) in [7, 11) is -5.23. The van der Waals surface area contributed by atoms with Crippen LogP contribution in [0.1, 0.15) is 46.0 Å². The molecule has 2 saturated heterocycles. The summed E-state index contributed by atoms with van der Waals surface area (Å²) in [6.45, 7) is 2.04. The molecule has 2 heterocycles. The number of carbonyl (C=O) groups excluding carboxylic acids is 2. The fraction of sp³-hybridized carbons (Fsp3) is 0.895. The van der Waals surface area contributed by atoms with Crippen molar-refractivity contribution in [3.8, 4) is 0 Å². The van der Waals surface area contributed by atoms with E-state index >= 15 is 0 Å². The largest absolute Gasteiger partial charge is 0.510 e. The van der Waals surface area contributed by atoms with Crippen LogP contribution in [0.25, 0.3) is 0 Å². The highest BCUT2D eigenvalue weighted by molar-refractivity contribution is 7.55. The first kappa shape index (κ1) is 27.7. The molecule has 192 valence electrons. The molecule has 1 unspecified atom stereocenters. The van der Waals surface area contributed by atoms with Gasteiger partial charge in [0, 0.05) is 31.6 Å². The van der Waals surface area contributed by atoms with E-state index in [0.717, 1.165) is 6.92 Å². The maximum absolute atomic E-state index is 14.8. The van der Waals surface area contributed by atoms with Crippen LogP contribution in [0.5, 0.6) is 0 Å². The van der Waals surface area contributed by atoms with Crippen molar-refractivity contribution in [3.05, 3.63) is 0 Å². The van der Waals surface area contributed by atoms with Crippen LogP contribution in [0, 0.1) is 5.92 Å². The molecule has 0 spiro atoms. The van der Waals surface area contributed by atoms with Crippen molar-refractivity contribution in [2.24, 2.45) is 5.92 Å². The molecular formula is C19H31F2O11P. The van der Waals surface area contributed by atoms with Gasteiger partial charge in [-0.1, -0.05) is 13.8 Å². The number of alkyl halides is 2. The molecule has 2 fully saturated rings. The molecule has 2 aliphatic rings. The van der Waals surface area contributed by atoms with Gasteiger partial charge in [0.15, 0.2) is 0 Å². The van der Waals surface area contributed by atoms with Crippen molar-refractivity contribution >= 4 is 19.9 Å². The fourth-order valence-corrected chi connectivity index (χ4v) is 4.46. The number of carbonyl (C=O) groups is 2. The molecular weight excluding hydrogens is 473 g/mol. The second-order valence-electron chi connectivity index (χ2n) is 7.54. The Morgan fingerprint density at radius 1 is 0.909 bits per heavy atom. The minimum absolute atomic E-state index is 0.0526. The SMILES string of the molecule is CCC(C)C(F)(F)P(=O)(OCOC(=O)OC1CCOCC1)OCOC(=O)OC1CCOCC1. The third-order valence-corrected chi connectivity index (χ3v) is 7.29. The second kappa shape index (κ2) is 13.4. The summed E-state index contributed by atoms with van der Waals surface area (Å²) >= 11 is 0. The standard InChI is InChI=1S/C19H31F2O11P/c1-3-14(2)19(20,21)33(24,29-12-27-17(22)31-15-4-8-25-9-5-15)30-13-28-18(23)32-16-6-10-26-11-7-16/h14-16H,3-13H2,1-2H3. The van der Waals surface area contributed by atoms with Gasteiger partial charge in [-0.25, -0.2) is 9.59 Å². The molecule has 0 saturated carbocycles. The third kappa shape index (κ3) is 8.64. The molecule has 14 heteroatoms. The van der Waals surface area contributed by atoms with Crippen molar-refractivity contribution in [1.29, 1.82) is 0 Å². The summed E-state index contributed by atoms with van der Waals surface area (Å²) < 4.78 is 81.4. The molecule has 0 aromatic carbocycles. The summed E-state index contributed by atoms with van der Waals surface area (Å²) in [6.07, 6.45) is -1.42. The average Bonchev–Trinajstić information content (AvgIpc) is 2.79. The van der Waals surface area contributed by atoms with E-state index in [1.807, 2.05) is 0 Å². The van der Waals surface area contributed by atoms with Gasteiger partial charge in [0.1, 0.15) is 12.2 Å². The van der Waals surface area contributed by atoms with Gasteiger partial charge in [-0.2, -0.15) is 8.78 Å². The first-order valence-corrected chi connectivity index (χ1v) is 12.3. The molecule has 1 atom stereocenters. The zero-order chi connectivity index (χ0) is 24.3. The first-order chi connectivity index (χ1) is 15.7. The maximum atomic E-state index is 14.8. The Labute approximate surface area is 190 Å². The van der Waals surface area contributed by atoms with Gasteiger partial charge < -0.3 is 28.4 Å². The van der Waals surface area contributed by atoms with Crippen molar-refractivity contribution in [2.45, 2.75) is 63.8 Å². The molecule has 0 aromatic heterocycles. The monoisotopic (exact) mass is 504 g/mol. The van der Waals surface area contributed by atoms with Gasteiger partial charge in [0.25, 0.3) is 0 Å². The van der Waals surface area contributed by atoms with Gasteiger partial charge in [0.2, 0.25) is 13.6 Å². The quantitative estimate of drug-likeness (QED) is 0.225. The van der Waals surface area contributed by atoms with Gasteiger partial charge in [0.05, 0.1) is 26.4 Å². The van der Waals surface area contributed by atoms with Crippen LogP contribution in [0.4, 0.5) is 18.4 Å². The number of hydrogen-bond acceptors (Lipinski definition) is 11. The zero-order valence-corrected chi connectivity index (χ0v) is 19.6. The lowest BCUT2D eigenvalue weighted by Crippen LogP contribution is -2.30. The second-order valence-corrected chi connectivity index (χ2v) is 9.64. The van der Waals surface area contributed by atoms with E-state index in [4.69, 9.17) is 28.0 Å². The number of ether oxygens (including phenoxy) is 6. The van der Waals surface area contributed by atoms with Crippen molar-refractivity contribution in [2.75, 3.05) is 40.0 Å². The van der Waals surface area contributed by atoms with Crippen LogP contribution in [0.3, 0.4) is 0 Å². The van der Waals surface area contributed by atoms with Gasteiger partial charge in [-0.15, -0.1) is 0 Å². The molecule has 0 amide bonds. The molecule has 2 rings (SSSR count). The number of halogens is 2. The van der Waals surface area contributed by atoms with Gasteiger partial charge in [-0.3, -0.25) is 13.6 Å². The Kier molecular flexibility index (Phi) is 11.2. The van der Waals surface area contributed by atoms with Gasteiger partial charge >= 0.3 is 25.6 Å². The highest BCUT2D eigenvalue weighted by Crippen LogP contribution is 2.65. The van der Waals surface area contributed by atoms with Gasteiger partial charge in [-0.05, 0) is 6.42 Å². The minimum Gasteiger partial charge on any atom is -0.431 e. The van der Waals surface area contributed by atoms with E-state index < -0.39 is 57.3 Å². The van der Waals surface area contributed by atoms with Crippen molar-refractivity contribution < 1.29 is 60.4 Å². The summed E-state index contributed by atoms with van der Waals surface area (Å²) in [4.78, 5) is 23.5. The average molecular weight is 504 g/mol. The molecule has 2 aliphatic heterocycles. The number of hydrogen-bond donors (Lipinski definition) is 0. The number of rotatable bonds is 11. The van der Waals surface area contributed by atoms with Crippen LogP contribution in [-0.4, -0.2) is 70.2 Å². The summed E-state index contributed by atoms with van der Waals surface area (Å²) in [6, 6.07) is 0. The molecule has 33 heavy (non-hydrogen) atoms. The van der Waals surface area contributed by atoms with E-state index in [1.54, 1.807) is 0 Å². The lowest BCUT2D eigenvalue weighted by molar-refractivity contribution is -0.0753. The minimum atomic E-state index is -5.23. The van der Waals surface area contributed by atoms with E-state index in [2.05, 4.69) is 9.47 Å². The lowest BCUT2D eigenvalue weighted by Gasteiger charge is -2.29. The van der Waals surface area contributed by atoms with Crippen LogP contribution < -0.4 is 0 Å². The van der Waals surface area contributed by atoms with E-state index in [0.29, 0.717) is 52.1 Å². The maximum Gasteiger partial charge on any atom is 0.510 e. The van der Waals surface area contributed by atoms with Crippen LogP contribution in [-0.2, 0) is 42.0 Å². The summed E-state index contributed by atoms with van der Waals surface area (Å²) in [5.74, 6) is -1.41.